The Hall–Kier alpha value is -2.53. The lowest BCUT2D eigenvalue weighted by atomic mass is 10.3. The first-order valence-corrected chi connectivity index (χ1v) is 7.01. The van der Waals surface area contributed by atoms with Crippen LogP contribution in [0.2, 0.25) is 0 Å². The molecule has 0 aliphatic rings. The number of aromatic amines is 1. The number of aryl methyl sites for hydroxylation is 2. The molecule has 6 nitrogen and oxygen atoms in total. The highest BCUT2D eigenvalue weighted by Crippen LogP contribution is 2.28. The van der Waals surface area contributed by atoms with Gasteiger partial charge in [-0.3, -0.25) is 14.6 Å². The van der Waals surface area contributed by atoms with Gasteiger partial charge in [0, 0.05) is 24.8 Å². The normalized spacial score (nSPS) is 12.4. The average Bonchev–Trinajstić information content (AvgIpc) is 3.09. The van der Waals surface area contributed by atoms with Gasteiger partial charge >= 0.3 is 12.4 Å². The Kier molecular flexibility index (Phi) is 5.09. The van der Waals surface area contributed by atoms with Gasteiger partial charge in [-0.25, -0.2) is 0 Å². The van der Waals surface area contributed by atoms with Gasteiger partial charge in [0.15, 0.2) is 11.4 Å². The maximum Gasteiger partial charge on any atom is 0.435 e. The molecule has 2 aromatic rings. The van der Waals surface area contributed by atoms with E-state index < -0.39 is 35.3 Å². The summed E-state index contributed by atoms with van der Waals surface area (Å²) in [5.41, 5.74) is -2.28. The topological polar surface area (TPSA) is 75.6 Å². The van der Waals surface area contributed by atoms with Crippen molar-refractivity contribution in [3.63, 3.8) is 0 Å². The zero-order chi connectivity index (χ0) is 18.8. The molecule has 12 heteroatoms. The fourth-order valence-corrected chi connectivity index (χ4v) is 1.98. The minimum atomic E-state index is -4.64. The Morgan fingerprint density at radius 1 is 1.20 bits per heavy atom. The van der Waals surface area contributed by atoms with Gasteiger partial charge in [0.2, 0.25) is 0 Å². The summed E-state index contributed by atoms with van der Waals surface area (Å²) in [5.74, 6) is -0.820. The van der Waals surface area contributed by atoms with Crippen LogP contribution >= 0.6 is 0 Å². The van der Waals surface area contributed by atoms with Crippen LogP contribution in [-0.2, 0) is 18.9 Å². The average molecular weight is 369 g/mol. The lowest BCUT2D eigenvalue weighted by Gasteiger charge is -2.06. The van der Waals surface area contributed by atoms with Crippen molar-refractivity contribution in [2.45, 2.75) is 32.2 Å². The molecule has 0 fully saturated rings. The van der Waals surface area contributed by atoms with Crippen LogP contribution in [0.4, 0.5) is 26.3 Å². The van der Waals surface area contributed by atoms with Gasteiger partial charge in [0.05, 0.1) is 0 Å². The van der Waals surface area contributed by atoms with Gasteiger partial charge in [-0.1, -0.05) is 0 Å². The van der Waals surface area contributed by atoms with Crippen molar-refractivity contribution < 1.29 is 31.1 Å². The number of rotatable bonds is 5. The van der Waals surface area contributed by atoms with E-state index in [1.807, 2.05) is 0 Å². The van der Waals surface area contributed by atoms with E-state index in [4.69, 9.17) is 0 Å². The first-order valence-electron chi connectivity index (χ1n) is 7.01. The van der Waals surface area contributed by atoms with Crippen LogP contribution < -0.4 is 5.32 Å². The van der Waals surface area contributed by atoms with Gasteiger partial charge in [0.25, 0.3) is 5.91 Å². The van der Waals surface area contributed by atoms with Gasteiger partial charge in [-0.2, -0.15) is 36.5 Å². The van der Waals surface area contributed by atoms with E-state index in [-0.39, 0.29) is 19.5 Å². The zero-order valence-corrected chi connectivity index (χ0v) is 12.8. The molecule has 0 spiro atoms. The molecule has 0 aliphatic heterocycles. The van der Waals surface area contributed by atoms with Crippen molar-refractivity contribution in [1.29, 1.82) is 0 Å². The molecular weight excluding hydrogens is 356 g/mol. The summed E-state index contributed by atoms with van der Waals surface area (Å²) in [7, 11) is 0. The molecule has 2 rings (SSSR count). The Balaban J connectivity index is 1.84. The van der Waals surface area contributed by atoms with Crippen LogP contribution in [-0.4, -0.2) is 32.4 Å². The van der Waals surface area contributed by atoms with Crippen LogP contribution in [0.3, 0.4) is 0 Å². The smallest absolute Gasteiger partial charge is 0.351 e. The highest BCUT2D eigenvalue weighted by atomic mass is 19.4. The Bertz CT molecular complexity index is 745. The van der Waals surface area contributed by atoms with Gasteiger partial charge in [-0.05, 0) is 19.4 Å². The molecule has 2 heterocycles. The lowest BCUT2D eigenvalue weighted by molar-refractivity contribution is -0.142. The number of hydrogen-bond acceptors (Lipinski definition) is 3. The van der Waals surface area contributed by atoms with Gasteiger partial charge in [0.1, 0.15) is 5.69 Å². The molecule has 138 valence electrons. The fraction of sp³-hybridized carbons (Fsp3) is 0.462. The molecular formula is C13H13F6N5O. The second kappa shape index (κ2) is 6.76. The van der Waals surface area contributed by atoms with E-state index in [0.29, 0.717) is 11.8 Å². The summed E-state index contributed by atoms with van der Waals surface area (Å²) in [4.78, 5) is 11.7. The van der Waals surface area contributed by atoms with Crippen LogP contribution in [0.1, 0.15) is 34.0 Å². The van der Waals surface area contributed by atoms with Crippen molar-refractivity contribution in [3.05, 3.63) is 34.9 Å². The molecule has 1 amide bonds. The van der Waals surface area contributed by atoms with E-state index in [1.165, 1.54) is 6.92 Å². The summed E-state index contributed by atoms with van der Waals surface area (Å²) in [6, 6.07) is 1.48. The van der Waals surface area contributed by atoms with Crippen molar-refractivity contribution in [1.82, 2.24) is 25.3 Å². The fourth-order valence-electron chi connectivity index (χ4n) is 1.98. The summed E-state index contributed by atoms with van der Waals surface area (Å²) >= 11 is 0. The highest BCUT2D eigenvalue weighted by molar-refractivity contribution is 5.92. The summed E-state index contributed by atoms with van der Waals surface area (Å²) in [5, 5.41) is 10.7. The van der Waals surface area contributed by atoms with E-state index in [0.717, 1.165) is 10.7 Å². The first-order chi connectivity index (χ1) is 11.5. The minimum Gasteiger partial charge on any atom is -0.351 e. The molecule has 0 bridgehead atoms. The predicted octanol–water partition coefficient (Wildman–Crippen LogP) is 2.77. The van der Waals surface area contributed by atoms with Crippen LogP contribution in [0.25, 0.3) is 0 Å². The monoisotopic (exact) mass is 369 g/mol. The molecule has 0 aliphatic carbocycles. The van der Waals surface area contributed by atoms with E-state index in [1.54, 1.807) is 5.10 Å². The molecule has 0 aromatic carbocycles. The molecule has 0 saturated heterocycles. The molecule has 2 aromatic heterocycles. The number of carbonyl (C=O) groups is 1. The lowest BCUT2D eigenvalue weighted by Crippen LogP contribution is -2.25. The number of aromatic nitrogens is 4. The standard InChI is InChI=1S/C13H13F6N5O/c1-7-5-10(13(17,18)19)23-24(7)4-2-3-20-11(25)8-6-9(22-21-8)12(14,15)16/h5-6H,2-4H2,1H3,(H,20,25)(H,21,22). The third-order valence-corrected chi connectivity index (χ3v) is 3.22. The van der Waals surface area contributed by atoms with E-state index >= 15 is 0 Å². The third-order valence-electron chi connectivity index (χ3n) is 3.22. The highest BCUT2D eigenvalue weighted by Gasteiger charge is 2.34. The van der Waals surface area contributed by atoms with E-state index in [9.17, 15) is 31.1 Å². The van der Waals surface area contributed by atoms with Crippen molar-refractivity contribution in [2.24, 2.45) is 0 Å². The number of carbonyl (C=O) groups excluding carboxylic acids is 1. The molecule has 0 atom stereocenters. The van der Waals surface area contributed by atoms with E-state index in [2.05, 4.69) is 15.5 Å². The SMILES string of the molecule is Cc1cc(C(F)(F)F)nn1CCCNC(=O)c1cc(C(F)(F)F)[nH]n1. The quantitative estimate of drug-likeness (QED) is 0.629. The largest absolute Gasteiger partial charge is 0.435 e. The number of H-pyrrole nitrogens is 1. The number of nitrogens with one attached hydrogen (secondary N) is 2. The Labute approximate surface area is 137 Å². The number of hydrogen-bond donors (Lipinski definition) is 2. The van der Waals surface area contributed by atoms with Crippen LogP contribution in [0.15, 0.2) is 12.1 Å². The zero-order valence-electron chi connectivity index (χ0n) is 12.8. The Morgan fingerprint density at radius 3 is 2.40 bits per heavy atom. The first kappa shape index (κ1) is 18.8. The number of alkyl halides is 6. The molecule has 25 heavy (non-hydrogen) atoms. The van der Waals surface area contributed by atoms with Crippen molar-refractivity contribution >= 4 is 5.91 Å². The summed E-state index contributed by atoms with van der Waals surface area (Å²) in [6.45, 7) is 1.60. The predicted molar refractivity (Wildman–Crippen MR) is 72.5 cm³/mol. The molecule has 2 N–H and O–H groups in total. The minimum absolute atomic E-state index is 0.0354. The van der Waals surface area contributed by atoms with Gasteiger partial charge in [-0.15, -0.1) is 0 Å². The maximum atomic E-state index is 12.5. The third kappa shape index (κ3) is 4.73. The summed E-state index contributed by atoms with van der Waals surface area (Å²) < 4.78 is 75.9. The summed E-state index contributed by atoms with van der Waals surface area (Å²) in [6.07, 6.45) is -8.94. The second-order valence-corrected chi connectivity index (χ2v) is 5.17. The van der Waals surface area contributed by atoms with Crippen LogP contribution in [0, 0.1) is 6.92 Å². The number of halogens is 6. The maximum absolute atomic E-state index is 12.5. The van der Waals surface area contributed by atoms with Crippen molar-refractivity contribution in [3.8, 4) is 0 Å². The molecule has 0 radical (unpaired) electrons. The van der Waals surface area contributed by atoms with Crippen LogP contribution in [0.5, 0.6) is 0 Å². The number of nitrogens with zero attached hydrogens (tertiary/aromatic N) is 3. The molecule has 0 unspecified atom stereocenters. The number of amides is 1. The van der Waals surface area contributed by atoms with Gasteiger partial charge < -0.3 is 5.32 Å². The molecule has 0 saturated carbocycles. The van der Waals surface area contributed by atoms with Crippen molar-refractivity contribution in [2.75, 3.05) is 6.54 Å². The Morgan fingerprint density at radius 2 is 1.88 bits per heavy atom. The second-order valence-electron chi connectivity index (χ2n) is 5.17.